The second kappa shape index (κ2) is 7.82. The van der Waals surface area contributed by atoms with Crippen molar-refractivity contribution in [2.45, 2.75) is 18.8 Å². The van der Waals surface area contributed by atoms with Crippen LogP contribution in [-0.2, 0) is 6.42 Å². The molecule has 7 heteroatoms. The molecule has 0 amide bonds. The second-order valence-electron chi connectivity index (χ2n) is 7.72. The summed E-state index contributed by atoms with van der Waals surface area (Å²) in [6.07, 6.45) is 3.93. The molecule has 7 nitrogen and oxygen atoms in total. The smallest absolute Gasteiger partial charge is 0.244 e. The standard InChI is InChI=1S/C25H22N4O3/c1-30-17-9-10-20(31-2)18(12-17)21-19(13-26)24(27)32-25-22(21)23(28-29-25)16-8-7-14-5-3-4-6-15(14)11-16/h3-6,9-12,21H,7-8,27H2,1-2H3,(H,28,29). The second-order valence-corrected chi connectivity index (χ2v) is 7.72. The number of nitrogens with one attached hydrogen (secondary N) is 1. The molecule has 0 spiro atoms. The molecule has 5 rings (SSSR count). The van der Waals surface area contributed by atoms with Gasteiger partial charge in [0.1, 0.15) is 23.1 Å². The summed E-state index contributed by atoms with van der Waals surface area (Å²) >= 11 is 0. The van der Waals surface area contributed by atoms with Crippen LogP contribution in [0.15, 0.2) is 53.9 Å². The van der Waals surface area contributed by atoms with Gasteiger partial charge in [0.2, 0.25) is 11.8 Å². The molecule has 0 bridgehead atoms. The van der Waals surface area contributed by atoms with Crippen LogP contribution in [-0.4, -0.2) is 24.4 Å². The first-order chi connectivity index (χ1) is 15.6. The minimum Gasteiger partial charge on any atom is -0.497 e. The van der Waals surface area contributed by atoms with Gasteiger partial charge in [0.25, 0.3) is 0 Å². The minimum atomic E-state index is -0.513. The van der Waals surface area contributed by atoms with Crippen molar-refractivity contribution in [3.63, 3.8) is 0 Å². The lowest BCUT2D eigenvalue weighted by molar-refractivity contribution is 0.373. The van der Waals surface area contributed by atoms with E-state index in [2.05, 4.69) is 40.5 Å². The normalized spacial score (nSPS) is 16.9. The summed E-state index contributed by atoms with van der Waals surface area (Å²) in [6, 6.07) is 16.1. The molecule has 0 saturated heterocycles. The molecule has 2 aromatic carbocycles. The van der Waals surface area contributed by atoms with Crippen LogP contribution in [0, 0.1) is 11.3 Å². The average molecular weight is 426 g/mol. The van der Waals surface area contributed by atoms with Gasteiger partial charge in [-0.1, -0.05) is 24.3 Å². The fraction of sp³-hybridized carbons (Fsp3) is 0.200. The van der Waals surface area contributed by atoms with Crippen molar-refractivity contribution in [3.05, 3.63) is 81.9 Å². The highest BCUT2D eigenvalue weighted by Crippen LogP contribution is 2.48. The Morgan fingerprint density at radius 1 is 1.16 bits per heavy atom. The monoisotopic (exact) mass is 426 g/mol. The van der Waals surface area contributed by atoms with E-state index in [-0.39, 0.29) is 5.88 Å². The quantitative estimate of drug-likeness (QED) is 0.650. The largest absolute Gasteiger partial charge is 0.497 e. The summed E-state index contributed by atoms with van der Waals surface area (Å²) in [5.41, 5.74) is 12.4. The molecule has 1 aromatic heterocycles. The van der Waals surface area contributed by atoms with Crippen LogP contribution in [0.25, 0.3) is 11.6 Å². The summed E-state index contributed by atoms with van der Waals surface area (Å²) in [5.74, 6) is 1.17. The maximum absolute atomic E-state index is 9.99. The Morgan fingerprint density at radius 3 is 2.78 bits per heavy atom. The number of allylic oxidation sites excluding steroid dienone is 2. The Bertz CT molecular complexity index is 1310. The number of hydrogen-bond acceptors (Lipinski definition) is 6. The van der Waals surface area contributed by atoms with E-state index in [1.807, 2.05) is 24.3 Å². The molecule has 1 atom stereocenters. The molecular weight excluding hydrogens is 404 g/mol. The van der Waals surface area contributed by atoms with E-state index >= 15 is 0 Å². The van der Waals surface area contributed by atoms with E-state index in [4.69, 9.17) is 19.9 Å². The highest BCUT2D eigenvalue weighted by Gasteiger charge is 2.38. The lowest BCUT2D eigenvalue weighted by Crippen LogP contribution is -2.21. The molecule has 3 N–H and O–H groups in total. The van der Waals surface area contributed by atoms with Crippen molar-refractivity contribution in [2.24, 2.45) is 5.73 Å². The molecule has 3 aromatic rings. The zero-order valence-corrected chi connectivity index (χ0v) is 17.8. The maximum Gasteiger partial charge on any atom is 0.244 e. The maximum atomic E-state index is 9.99. The zero-order chi connectivity index (χ0) is 22.2. The fourth-order valence-corrected chi connectivity index (χ4v) is 4.49. The van der Waals surface area contributed by atoms with Crippen molar-refractivity contribution in [2.75, 3.05) is 14.2 Å². The predicted molar refractivity (Wildman–Crippen MR) is 120 cm³/mol. The first-order valence-electron chi connectivity index (χ1n) is 10.3. The first kappa shape index (κ1) is 19.8. The van der Waals surface area contributed by atoms with Gasteiger partial charge in [0, 0.05) is 5.56 Å². The van der Waals surface area contributed by atoms with Crippen LogP contribution in [0.4, 0.5) is 0 Å². The van der Waals surface area contributed by atoms with Gasteiger partial charge in [-0.2, -0.15) is 5.26 Å². The predicted octanol–water partition coefficient (Wildman–Crippen LogP) is 4.13. The molecule has 1 aliphatic heterocycles. The summed E-state index contributed by atoms with van der Waals surface area (Å²) in [5, 5.41) is 17.5. The van der Waals surface area contributed by atoms with Crippen molar-refractivity contribution < 1.29 is 14.2 Å². The molecule has 2 aliphatic rings. The SMILES string of the molecule is COc1ccc(OC)c(C2C(C#N)=C(N)Oc3n[nH]c(C4=Cc5ccccc5CC4)c32)c1. The lowest BCUT2D eigenvalue weighted by Gasteiger charge is -2.26. The zero-order valence-electron chi connectivity index (χ0n) is 17.8. The molecule has 160 valence electrons. The van der Waals surface area contributed by atoms with Gasteiger partial charge in [-0.3, -0.25) is 5.10 Å². The first-order valence-corrected chi connectivity index (χ1v) is 10.3. The van der Waals surface area contributed by atoms with E-state index in [0.29, 0.717) is 23.0 Å². The number of benzene rings is 2. The van der Waals surface area contributed by atoms with Gasteiger partial charge < -0.3 is 19.9 Å². The summed E-state index contributed by atoms with van der Waals surface area (Å²) in [6.45, 7) is 0. The summed E-state index contributed by atoms with van der Waals surface area (Å²) < 4.78 is 16.8. The molecule has 1 unspecified atom stereocenters. The third-order valence-corrected chi connectivity index (χ3v) is 6.06. The van der Waals surface area contributed by atoms with Crippen LogP contribution >= 0.6 is 0 Å². The third kappa shape index (κ3) is 3.08. The van der Waals surface area contributed by atoms with Gasteiger partial charge in [-0.25, -0.2) is 0 Å². The number of nitrogens with zero attached hydrogens (tertiary/aromatic N) is 2. The van der Waals surface area contributed by atoms with Gasteiger partial charge in [-0.05, 0) is 53.8 Å². The molecule has 2 heterocycles. The van der Waals surface area contributed by atoms with E-state index in [9.17, 15) is 5.26 Å². The Hall–Kier alpha value is -4.18. The van der Waals surface area contributed by atoms with Crippen molar-refractivity contribution in [1.82, 2.24) is 10.2 Å². The Labute approximate surface area is 185 Å². The summed E-state index contributed by atoms with van der Waals surface area (Å²) in [4.78, 5) is 0. The molecule has 1 aliphatic carbocycles. The van der Waals surface area contributed by atoms with E-state index in [1.54, 1.807) is 14.2 Å². The minimum absolute atomic E-state index is 0.0379. The van der Waals surface area contributed by atoms with E-state index in [0.717, 1.165) is 35.2 Å². The molecule has 32 heavy (non-hydrogen) atoms. The number of hydrogen-bond donors (Lipinski definition) is 2. The summed E-state index contributed by atoms with van der Waals surface area (Å²) in [7, 11) is 3.20. The van der Waals surface area contributed by atoms with Gasteiger partial charge >= 0.3 is 0 Å². The van der Waals surface area contributed by atoms with Crippen molar-refractivity contribution in [3.8, 4) is 23.4 Å². The van der Waals surface area contributed by atoms with E-state index in [1.165, 1.54) is 11.1 Å². The average Bonchev–Trinajstić information content (AvgIpc) is 3.25. The van der Waals surface area contributed by atoms with Crippen molar-refractivity contribution in [1.29, 1.82) is 5.26 Å². The van der Waals surface area contributed by atoms with Crippen LogP contribution in [0.2, 0.25) is 0 Å². The topological polar surface area (TPSA) is 106 Å². The van der Waals surface area contributed by atoms with Crippen molar-refractivity contribution >= 4 is 11.6 Å². The number of aromatic amines is 1. The molecule has 0 saturated carbocycles. The Kier molecular flexibility index (Phi) is 4.83. The Balaban J connectivity index is 1.72. The number of nitriles is 1. The van der Waals surface area contributed by atoms with Crippen LogP contribution < -0.4 is 19.9 Å². The number of ether oxygens (including phenoxy) is 3. The third-order valence-electron chi connectivity index (χ3n) is 6.06. The van der Waals surface area contributed by atoms with E-state index < -0.39 is 5.92 Å². The number of aryl methyl sites for hydroxylation is 1. The number of H-pyrrole nitrogens is 1. The molecular formula is C25H22N4O3. The number of fused-ring (bicyclic) bond motifs is 2. The number of nitrogens with two attached hydrogens (primary N) is 1. The van der Waals surface area contributed by atoms with Gasteiger partial charge in [0.15, 0.2) is 0 Å². The van der Waals surface area contributed by atoms with Crippen LogP contribution in [0.5, 0.6) is 17.4 Å². The van der Waals surface area contributed by atoms with Crippen LogP contribution in [0.1, 0.15) is 40.3 Å². The number of rotatable bonds is 4. The van der Waals surface area contributed by atoms with Crippen LogP contribution in [0.3, 0.4) is 0 Å². The lowest BCUT2D eigenvalue weighted by atomic mass is 9.80. The fourth-order valence-electron chi connectivity index (χ4n) is 4.49. The van der Waals surface area contributed by atoms with Gasteiger partial charge in [-0.15, -0.1) is 5.10 Å². The van der Waals surface area contributed by atoms with Gasteiger partial charge in [0.05, 0.1) is 31.4 Å². The molecule has 0 fully saturated rings. The number of aromatic nitrogens is 2. The molecule has 0 radical (unpaired) electrons. The Morgan fingerprint density at radius 2 is 2.00 bits per heavy atom. The highest BCUT2D eigenvalue weighted by molar-refractivity contribution is 5.85. The highest BCUT2D eigenvalue weighted by atomic mass is 16.5. The number of methoxy groups -OCH3 is 2.